The first kappa shape index (κ1) is 34.6. The number of benzene rings is 3. The largest absolute Gasteiger partial charge is 0.460 e. The fourth-order valence-corrected chi connectivity index (χ4v) is 11.0. The van der Waals surface area contributed by atoms with Gasteiger partial charge in [-0.1, -0.05) is 134 Å². The molecule has 2 nitrogen and oxygen atoms in total. The van der Waals surface area contributed by atoms with Crippen LogP contribution in [-0.2, 0) is 11.8 Å². The van der Waals surface area contributed by atoms with E-state index < -0.39 is 6.04 Å². The Labute approximate surface area is 291 Å². The molecule has 242 valence electrons. The van der Waals surface area contributed by atoms with Gasteiger partial charge in [0, 0.05) is 21.8 Å². The van der Waals surface area contributed by atoms with Crippen molar-refractivity contribution in [2.75, 3.05) is 0 Å². The summed E-state index contributed by atoms with van der Waals surface area (Å²) in [6, 6.07) is 20.2. The molecule has 3 aromatic rings. The molecule has 0 bridgehead atoms. The lowest BCUT2D eigenvalue weighted by atomic mass is 9.96. The lowest BCUT2D eigenvalue weighted by Gasteiger charge is -2.40. The van der Waals surface area contributed by atoms with Gasteiger partial charge in [-0.3, -0.25) is 0 Å². The molecule has 0 aromatic heterocycles. The van der Waals surface area contributed by atoms with E-state index in [2.05, 4.69) is 113 Å². The number of hydrogen-bond donors (Lipinski definition) is 0. The maximum Gasteiger partial charge on any atom is 0.147 e. The minimum atomic E-state index is -2.77. The van der Waals surface area contributed by atoms with Crippen LogP contribution in [-0.4, -0.2) is 0 Å². The third-order valence-corrected chi connectivity index (χ3v) is 13.6. The second kappa shape index (κ2) is 15.0. The Bertz CT molecular complexity index is 2060. The Morgan fingerprint density at radius 3 is 2.00 bits per heavy atom. The van der Waals surface area contributed by atoms with Crippen LogP contribution in [0.3, 0.4) is 0 Å². The molecule has 0 saturated carbocycles. The van der Waals surface area contributed by atoms with Crippen LogP contribution in [0.5, 0.6) is 11.5 Å². The van der Waals surface area contributed by atoms with Crippen LogP contribution < -0.4 is 14.8 Å². The molecule has 2 aliphatic rings. The van der Waals surface area contributed by atoms with Gasteiger partial charge in [0.05, 0.1) is 11.3 Å². The first-order valence-electron chi connectivity index (χ1n) is 16.1. The van der Waals surface area contributed by atoms with Crippen LogP contribution in [0.1, 0.15) is 52.7 Å². The third kappa shape index (κ3) is 6.67. The molecule has 2 heterocycles. The highest BCUT2D eigenvalue weighted by Crippen LogP contribution is 2.71. The number of rotatable bonds is 10. The summed E-state index contributed by atoms with van der Waals surface area (Å²) in [6.07, 6.45) is 20.3. The quantitative estimate of drug-likeness (QED) is 0.158. The van der Waals surface area contributed by atoms with Gasteiger partial charge in [-0.25, -0.2) is 0 Å². The van der Waals surface area contributed by atoms with E-state index in [-0.39, 0.29) is 0 Å². The molecule has 0 N–H and O–H groups in total. The highest BCUT2D eigenvalue weighted by atomic mass is 32.4. The number of ether oxygens (including phenoxy) is 2. The summed E-state index contributed by atoms with van der Waals surface area (Å²) in [5.41, 5.74) is 8.49. The summed E-state index contributed by atoms with van der Waals surface area (Å²) < 4.78 is 13.8. The molecule has 5 rings (SSSR count). The van der Waals surface area contributed by atoms with Gasteiger partial charge in [-0.15, -0.1) is 0 Å². The minimum Gasteiger partial charge on any atom is -0.460 e. The highest BCUT2D eigenvalue weighted by molar-refractivity contribution is 8.22. The number of hydrogen-bond acceptors (Lipinski definition) is 3. The molecule has 0 amide bonds. The first-order chi connectivity index (χ1) is 23.1. The van der Waals surface area contributed by atoms with Crippen molar-refractivity contribution in [1.29, 1.82) is 0 Å². The molecule has 1 atom stereocenters. The summed E-state index contributed by atoms with van der Waals surface area (Å²) in [5.74, 6) is 3.14. The Balaban J connectivity index is 1.92. The standard InChI is InChI=1S/C44H43O2PS/c1-9-12-15-22-30(4)31(5)27-40-33(7)45-43-39(37-25-18-14-19-26-37)29-38(36(20-10-2)21-11-3)42-44(43)47(40,48)41(34(8)46-42)28-32(6)35-23-16-13-17-24-35/h9-29H,1-2H2,3-8H3/b15-12-,21-11-,30-22+,31-27+,32-28+,36-20+. The summed E-state index contributed by atoms with van der Waals surface area (Å²) in [4.78, 5) is 0. The molecule has 0 radical (unpaired) electrons. The van der Waals surface area contributed by atoms with Gasteiger partial charge in [0.15, 0.2) is 0 Å². The Morgan fingerprint density at radius 2 is 1.38 bits per heavy atom. The zero-order valence-electron chi connectivity index (χ0n) is 28.7. The summed E-state index contributed by atoms with van der Waals surface area (Å²) in [6.45, 7) is 20.3. The summed E-state index contributed by atoms with van der Waals surface area (Å²) in [5, 5.41) is 3.00. The van der Waals surface area contributed by atoms with Crippen LogP contribution in [0.2, 0.25) is 0 Å². The van der Waals surface area contributed by atoms with Crippen molar-refractivity contribution in [3.8, 4) is 22.6 Å². The van der Waals surface area contributed by atoms with Crippen molar-refractivity contribution in [2.45, 2.75) is 41.5 Å². The topological polar surface area (TPSA) is 18.5 Å². The minimum absolute atomic E-state index is 0.753. The molecule has 3 aromatic carbocycles. The first-order valence-corrected chi connectivity index (χ1v) is 19.0. The van der Waals surface area contributed by atoms with Gasteiger partial charge in [-0.2, -0.15) is 0 Å². The maximum absolute atomic E-state index is 7.15. The van der Waals surface area contributed by atoms with Crippen LogP contribution >= 0.6 is 6.04 Å². The van der Waals surface area contributed by atoms with Crippen LogP contribution in [0.15, 0.2) is 174 Å². The van der Waals surface area contributed by atoms with Crippen LogP contribution in [0, 0.1) is 0 Å². The van der Waals surface area contributed by atoms with Gasteiger partial charge in [0.25, 0.3) is 0 Å². The average molecular weight is 667 g/mol. The van der Waals surface area contributed by atoms with Gasteiger partial charge < -0.3 is 9.47 Å². The molecule has 2 aliphatic heterocycles. The summed E-state index contributed by atoms with van der Waals surface area (Å²) >= 11 is 7.15. The van der Waals surface area contributed by atoms with Gasteiger partial charge in [0.2, 0.25) is 0 Å². The van der Waals surface area contributed by atoms with Crippen LogP contribution in [0.25, 0.3) is 22.3 Å². The molecule has 4 heteroatoms. The molecular weight excluding hydrogens is 624 g/mol. The monoisotopic (exact) mass is 666 g/mol. The Kier molecular flexibility index (Phi) is 10.8. The second-order valence-electron chi connectivity index (χ2n) is 11.9. The highest BCUT2D eigenvalue weighted by Gasteiger charge is 2.45. The lowest BCUT2D eigenvalue weighted by molar-refractivity contribution is 0.407. The van der Waals surface area contributed by atoms with Crippen molar-refractivity contribution in [3.63, 3.8) is 0 Å². The van der Waals surface area contributed by atoms with Gasteiger partial charge in [-0.05, 0) is 93.2 Å². The maximum atomic E-state index is 7.15. The van der Waals surface area contributed by atoms with Gasteiger partial charge in [0.1, 0.15) is 23.0 Å². The van der Waals surface area contributed by atoms with Crippen molar-refractivity contribution in [2.24, 2.45) is 0 Å². The SMILES string of the molecule is C=C\C=C/C=C(C)/C(C)=C/C1=C(C)Oc2c(-c3ccccc3)cc(C(/C=C\C)=C/C=C)c3c2P1(=S)C(/C=C(\C)c1ccccc1)=C(C)O3. The predicted octanol–water partition coefficient (Wildman–Crippen LogP) is 12.6. The predicted molar refractivity (Wildman–Crippen MR) is 212 cm³/mol. The van der Waals surface area contributed by atoms with E-state index in [0.29, 0.717) is 0 Å². The average Bonchev–Trinajstić information content (AvgIpc) is 3.09. The van der Waals surface area contributed by atoms with E-state index >= 15 is 0 Å². The van der Waals surface area contributed by atoms with Crippen molar-refractivity contribution in [3.05, 3.63) is 185 Å². The fourth-order valence-electron chi connectivity index (χ4n) is 6.04. The van der Waals surface area contributed by atoms with E-state index in [9.17, 15) is 0 Å². The fraction of sp³-hybridized carbons (Fsp3) is 0.136. The molecule has 0 aliphatic carbocycles. The Morgan fingerprint density at radius 1 is 0.750 bits per heavy atom. The lowest BCUT2D eigenvalue weighted by Crippen LogP contribution is -2.26. The van der Waals surface area contributed by atoms with E-state index in [1.165, 1.54) is 0 Å². The molecular formula is C44H43O2PS. The molecule has 0 saturated heterocycles. The molecule has 0 spiro atoms. The third-order valence-electron chi connectivity index (χ3n) is 8.62. The van der Waals surface area contributed by atoms with Crippen molar-refractivity contribution < 1.29 is 9.47 Å². The van der Waals surface area contributed by atoms with Crippen molar-refractivity contribution >= 4 is 34.3 Å². The zero-order valence-corrected chi connectivity index (χ0v) is 30.4. The van der Waals surface area contributed by atoms with E-state index in [1.54, 1.807) is 6.08 Å². The van der Waals surface area contributed by atoms with E-state index in [1.807, 2.05) is 63.3 Å². The van der Waals surface area contributed by atoms with E-state index in [0.717, 1.165) is 83.5 Å². The Hall–Kier alpha value is -4.69. The van der Waals surface area contributed by atoms with Crippen molar-refractivity contribution in [1.82, 2.24) is 0 Å². The normalized spacial score (nSPS) is 18.6. The van der Waals surface area contributed by atoms with Crippen LogP contribution in [0.4, 0.5) is 0 Å². The smallest absolute Gasteiger partial charge is 0.147 e. The second-order valence-corrected chi connectivity index (χ2v) is 16.2. The summed E-state index contributed by atoms with van der Waals surface area (Å²) in [7, 11) is 0. The zero-order chi connectivity index (χ0) is 34.4. The molecule has 0 fully saturated rings. The van der Waals surface area contributed by atoms with E-state index in [4.69, 9.17) is 21.3 Å². The molecule has 48 heavy (non-hydrogen) atoms. The number of allylic oxidation sites excluding steroid dienone is 18. The van der Waals surface area contributed by atoms with Gasteiger partial charge >= 0.3 is 0 Å². The molecule has 1 unspecified atom stereocenters.